The van der Waals surface area contributed by atoms with E-state index >= 15 is 0 Å². The molecule has 0 aliphatic heterocycles. The van der Waals surface area contributed by atoms with Crippen LogP contribution in [0.1, 0.15) is 60.8 Å². The molecule has 1 fully saturated rings. The highest BCUT2D eigenvalue weighted by Gasteiger charge is 2.48. The summed E-state index contributed by atoms with van der Waals surface area (Å²) in [5.41, 5.74) is 2.55. The highest BCUT2D eigenvalue weighted by molar-refractivity contribution is 5.74. The summed E-state index contributed by atoms with van der Waals surface area (Å²) >= 11 is 0. The molecule has 0 aromatic rings. The van der Waals surface area contributed by atoms with Gasteiger partial charge in [0.05, 0.1) is 5.41 Å². The van der Waals surface area contributed by atoms with Crippen molar-refractivity contribution in [3.63, 3.8) is 0 Å². The molecule has 2 nitrogen and oxygen atoms in total. The van der Waals surface area contributed by atoms with E-state index in [2.05, 4.69) is 27.7 Å². The summed E-state index contributed by atoms with van der Waals surface area (Å²) in [6, 6.07) is 0. The second kappa shape index (κ2) is 4.47. The molecule has 0 bridgehead atoms. The molecule has 0 unspecified atom stereocenters. The SMILES string of the molecule is CC[C@@](C)(C[C@H]1CC(=C(C)C)C1(C)C)C(=O)O. The van der Waals surface area contributed by atoms with Crippen LogP contribution in [0.5, 0.6) is 0 Å². The molecule has 2 atom stereocenters. The standard InChI is InChI=1S/C15H26O2/c1-7-15(6,13(16)17)9-11-8-12(10(2)3)14(11,4)5/h11H,7-9H2,1-6H3,(H,16,17)/t11-,15+/m1/s1. The van der Waals surface area contributed by atoms with Crippen LogP contribution in [-0.2, 0) is 4.79 Å². The number of rotatable bonds is 4. The first-order valence-corrected chi connectivity index (χ1v) is 6.55. The van der Waals surface area contributed by atoms with Gasteiger partial charge in [-0.05, 0) is 51.4 Å². The predicted molar refractivity (Wildman–Crippen MR) is 70.9 cm³/mol. The van der Waals surface area contributed by atoms with Crippen LogP contribution >= 0.6 is 0 Å². The zero-order chi connectivity index (χ0) is 13.4. The largest absolute Gasteiger partial charge is 0.481 e. The fourth-order valence-electron chi connectivity index (χ4n) is 2.98. The Labute approximate surface area is 105 Å². The van der Waals surface area contributed by atoms with Crippen LogP contribution in [0.15, 0.2) is 11.1 Å². The lowest BCUT2D eigenvalue weighted by molar-refractivity contribution is -0.150. The number of hydrogen-bond acceptors (Lipinski definition) is 1. The first-order valence-electron chi connectivity index (χ1n) is 6.55. The topological polar surface area (TPSA) is 37.3 Å². The van der Waals surface area contributed by atoms with Crippen molar-refractivity contribution in [2.45, 2.75) is 60.8 Å². The molecule has 0 saturated heterocycles. The van der Waals surface area contributed by atoms with Gasteiger partial charge in [-0.3, -0.25) is 4.79 Å². The number of carbonyl (C=O) groups is 1. The van der Waals surface area contributed by atoms with Crippen LogP contribution in [0.2, 0.25) is 0 Å². The normalized spacial score (nSPS) is 26.0. The molecule has 0 radical (unpaired) electrons. The Kier molecular flexibility index (Phi) is 3.75. The van der Waals surface area contributed by atoms with Gasteiger partial charge in [0.1, 0.15) is 0 Å². The number of allylic oxidation sites excluding steroid dienone is 2. The quantitative estimate of drug-likeness (QED) is 0.743. The smallest absolute Gasteiger partial charge is 0.309 e. The van der Waals surface area contributed by atoms with Crippen LogP contribution in [0.3, 0.4) is 0 Å². The van der Waals surface area contributed by atoms with E-state index < -0.39 is 11.4 Å². The van der Waals surface area contributed by atoms with Crippen molar-refractivity contribution >= 4 is 5.97 Å². The Morgan fingerprint density at radius 1 is 1.47 bits per heavy atom. The van der Waals surface area contributed by atoms with Gasteiger partial charge < -0.3 is 5.11 Å². The van der Waals surface area contributed by atoms with Crippen molar-refractivity contribution in [2.75, 3.05) is 0 Å². The minimum Gasteiger partial charge on any atom is -0.481 e. The molecule has 0 aromatic heterocycles. The lowest BCUT2D eigenvalue weighted by Gasteiger charge is -2.51. The molecule has 1 rings (SSSR count). The third-order valence-corrected chi connectivity index (χ3v) is 4.85. The summed E-state index contributed by atoms with van der Waals surface area (Å²) in [4.78, 5) is 11.3. The molecule has 0 amide bonds. The molecule has 17 heavy (non-hydrogen) atoms. The Morgan fingerprint density at radius 3 is 2.29 bits per heavy atom. The summed E-state index contributed by atoms with van der Waals surface area (Å²) < 4.78 is 0. The van der Waals surface area contributed by atoms with Crippen LogP contribution in [-0.4, -0.2) is 11.1 Å². The molecule has 1 N–H and O–H groups in total. The second-order valence-electron chi connectivity index (χ2n) is 6.52. The first kappa shape index (κ1) is 14.3. The Morgan fingerprint density at radius 2 is 2.00 bits per heavy atom. The molecule has 98 valence electrons. The minimum absolute atomic E-state index is 0.185. The third-order valence-electron chi connectivity index (χ3n) is 4.85. The Balaban J connectivity index is 2.81. The van der Waals surface area contributed by atoms with Crippen molar-refractivity contribution in [3.05, 3.63) is 11.1 Å². The fourth-order valence-corrected chi connectivity index (χ4v) is 2.98. The maximum absolute atomic E-state index is 11.3. The maximum atomic E-state index is 11.3. The van der Waals surface area contributed by atoms with Gasteiger partial charge >= 0.3 is 5.97 Å². The number of aliphatic carboxylic acids is 1. The second-order valence-corrected chi connectivity index (χ2v) is 6.52. The Bertz CT molecular complexity index is 348. The summed E-state index contributed by atoms with van der Waals surface area (Å²) in [5.74, 6) is -0.144. The van der Waals surface area contributed by atoms with E-state index in [-0.39, 0.29) is 5.41 Å². The van der Waals surface area contributed by atoms with E-state index in [1.807, 2.05) is 13.8 Å². The number of hydrogen-bond donors (Lipinski definition) is 1. The van der Waals surface area contributed by atoms with Crippen LogP contribution in [0.4, 0.5) is 0 Å². The molecular formula is C15H26O2. The van der Waals surface area contributed by atoms with Gasteiger partial charge in [0, 0.05) is 0 Å². The predicted octanol–water partition coefficient (Wildman–Crippen LogP) is 4.26. The fraction of sp³-hybridized carbons (Fsp3) is 0.800. The molecule has 1 saturated carbocycles. The molecule has 0 heterocycles. The van der Waals surface area contributed by atoms with E-state index in [4.69, 9.17) is 0 Å². The van der Waals surface area contributed by atoms with Crippen molar-refractivity contribution in [2.24, 2.45) is 16.7 Å². The molecule has 1 aliphatic rings. The zero-order valence-electron chi connectivity index (χ0n) is 12.1. The average Bonchev–Trinajstić information content (AvgIpc) is 2.22. The van der Waals surface area contributed by atoms with Gasteiger partial charge in [0.15, 0.2) is 0 Å². The van der Waals surface area contributed by atoms with E-state index in [1.165, 1.54) is 11.1 Å². The Hall–Kier alpha value is -0.790. The van der Waals surface area contributed by atoms with Gasteiger partial charge in [-0.1, -0.05) is 31.9 Å². The molecule has 0 spiro atoms. The van der Waals surface area contributed by atoms with Gasteiger partial charge in [-0.2, -0.15) is 0 Å². The van der Waals surface area contributed by atoms with Crippen molar-refractivity contribution in [3.8, 4) is 0 Å². The molecular weight excluding hydrogens is 212 g/mol. The highest BCUT2D eigenvalue weighted by atomic mass is 16.4. The van der Waals surface area contributed by atoms with E-state index in [1.54, 1.807) is 0 Å². The van der Waals surface area contributed by atoms with Gasteiger partial charge in [0.2, 0.25) is 0 Å². The zero-order valence-corrected chi connectivity index (χ0v) is 12.1. The summed E-state index contributed by atoms with van der Waals surface area (Å²) in [6.07, 6.45) is 2.58. The maximum Gasteiger partial charge on any atom is 0.309 e. The molecule has 2 heteroatoms. The third kappa shape index (κ3) is 2.41. The average molecular weight is 238 g/mol. The lowest BCUT2D eigenvalue weighted by atomic mass is 9.53. The summed E-state index contributed by atoms with van der Waals surface area (Å²) in [7, 11) is 0. The summed E-state index contributed by atoms with van der Waals surface area (Å²) in [5, 5.41) is 9.33. The molecule has 0 aromatic carbocycles. The van der Waals surface area contributed by atoms with Crippen LogP contribution in [0, 0.1) is 16.7 Å². The van der Waals surface area contributed by atoms with Gasteiger partial charge in [-0.15, -0.1) is 0 Å². The van der Waals surface area contributed by atoms with Crippen molar-refractivity contribution < 1.29 is 9.90 Å². The number of carboxylic acid groups (broad SMARTS) is 1. The van der Waals surface area contributed by atoms with Crippen LogP contribution in [0.25, 0.3) is 0 Å². The monoisotopic (exact) mass is 238 g/mol. The van der Waals surface area contributed by atoms with Crippen LogP contribution < -0.4 is 0 Å². The van der Waals surface area contributed by atoms with E-state index in [9.17, 15) is 9.90 Å². The van der Waals surface area contributed by atoms with E-state index in [0.29, 0.717) is 12.3 Å². The van der Waals surface area contributed by atoms with Crippen molar-refractivity contribution in [1.29, 1.82) is 0 Å². The highest BCUT2D eigenvalue weighted by Crippen LogP contribution is 2.56. The van der Waals surface area contributed by atoms with Gasteiger partial charge in [0.25, 0.3) is 0 Å². The first-order chi connectivity index (χ1) is 7.65. The van der Waals surface area contributed by atoms with Gasteiger partial charge in [-0.25, -0.2) is 0 Å². The lowest BCUT2D eigenvalue weighted by Crippen LogP contribution is -2.43. The molecule has 1 aliphatic carbocycles. The minimum atomic E-state index is -0.651. The van der Waals surface area contributed by atoms with E-state index in [0.717, 1.165) is 12.8 Å². The summed E-state index contributed by atoms with van der Waals surface area (Å²) in [6.45, 7) is 12.7. The van der Waals surface area contributed by atoms with Crippen molar-refractivity contribution in [1.82, 2.24) is 0 Å². The number of carboxylic acids is 1.